The zero-order chi connectivity index (χ0) is 13.1. The molecular weight excluding hydrogens is 242 g/mol. The van der Waals surface area contributed by atoms with E-state index in [1.807, 2.05) is 37.1 Å². The van der Waals surface area contributed by atoms with Gasteiger partial charge in [0.2, 0.25) is 0 Å². The molecule has 1 amide bonds. The van der Waals surface area contributed by atoms with Gasteiger partial charge in [-0.1, -0.05) is 25.3 Å². The fourth-order valence-electron chi connectivity index (χ4n) is 2.66. The summed E-state index contributed by atoms with van der Waals surface area (Å²) in [5.74, 6) is 0.135. The normalized spacial score (nSPS) is 16.6. The Morgan fingerprint density at radius 1 is 1.28 bits per heavy atom. The van der Waals surface area contributed by atoms with E-state index in [-0.39, 0.29) is 5.91 Å². The van der Waals surface area contributed by atoms with Crippen LogP contribution in [-0.2, 0) is 0 Å². The number of nitrogens with zero attached hydrogens (tertiary/aromatic N) is 1. The number of hydrogen-bond donors (Lipinski definition) is 1. The van der Waals surface area contributed by atoms with Crippen LogP contribution in [0, 0.1) is 6.92 Å². The Balaban J connectivity index is 2.16. The highest BCUT2D eigenvalue weighted by molar-refractivity contribution is 7.80. The topological polar surface area (TPSA) is 20.3 Å². The summed E-state index contributed by atoms with van der Waals surface area (Å²) in [6.07, 6.45) is 6.08. The van der Waals surface area contributed by atoms with Crippen molar-refractivity contribution in [2.75, 3.05) is 7.05 Å². The van der Waals surface area contributed by atoms with Crippen molar-refractivity contribution in [1.82, 2.24) is 4.90 Å². The molecule has 1 fully saturated rings. The van der Waals surface area contributed by atoms with Crippen LogP contribution in [0.4, 0.5) is 0 Å². The summed E-state index contributed by atoms with van der Waals surface area (Å²) in [5.41, 5.74) is 1.82. The highest BCUT2D eigenvalue weighted by atomic mass is 32.1. The first-order valence-corrected chi connectivity index (χ1v) is 7.11. The van der Waals surface area contributed by atoms with E-state index in [0.29, 0.717) is 6.04 Å². The molecule has 0 aromatic heterocycles. The number of carbonyl (C=O) groups is 1. The highest BCUT2D eigenvalue weighted by Gasteiger charge is 2.23. The zero-order valence-corrected chi connectivity index (χ0v) is 12.0. The van der Waals surface area contributed by atoms with Crippen LogP contribution in [0.15, 0.2) is 23.1 Å². The highest BCUT2D eigenvalue weighted by Crippen LogP contribution is 2.24. The molecule has 0 heterocycles. The summed E-state index contributed by atoms with van der Waals surface area (Å²) in [7, 11) is 1.93. The number of aryl methyl sites for hydroxylation is 1. The fourth-order valence-corrected chi connectivity index (χ4v) is 2.87. The first-order valence-electron chi connectivity index (χ1n) is 6.66. The fraction of sp³-hybridized carbons (Fsp3) is 0.533. The second kappa shape index (κ2) is 5.79. The van der Waals surface area contributed by atoms with Crippen LogP contribution >= 0.6 is 12.6 Å². The van der Waals surface area contributed by atoms with Gasteiger partial charge in [-0.3, -0.25) is 4.79 Å². The molecule has 2 nitrogen and oxygen atoms in total. The molecule has 0 aliphatic heterocycles. The molecule has 2 rings (SSSR count). The lowest BCUT2D eigenvalue weighted by atomic mass is 9.94. The van der Waals surface area contributed by atoms with E-state index >= 15 is 0 Å². The lowest BCUT2D eigenvalue weighted by Gasteiger charge is -2.31. The Labute approximate surface area is 115 Å². The van der Waals surface area contributed by atoms with Gasteiger partial charge >= 0.3 is 0 Å². The largest absolute Gasteiger partial charge is 0.339 e. The van der Waals surface area contributed by atoms with E-state index < -0.39 is 0 Å². The summed E-state index contributed by atoms with van der Waals surface area (Å²) in [5, 5.41) is 0. The van der Waals surface area contributed by atoms with Gasteiger partial charge in [0, 0.05) is 23.5 Å². The molecule has 3 heteroatoms. The molecule has 98 valence electrons. The molecule has 0 N–H and O–H groups in total. The number of thiol groups is 1. The second-order valence-corrected chi connectivity index (χ2v) is 5.72. The quantitative estimate of drug-likeness (QED) is 0.807. The van der Waals surface area contributed by atoms with Gasteiger partial charge in [0.25, 0.3) is 5.91 Å². The standard InChI is InChI=1S/C15H21NOS/c1-11-8-9-13(18)10-14(11)15(17)16(2)12-6-4-3-5-7-12/h8-10,12,18H,3-7H2,1-2H3. The molecular formula is C15H21NOS. The van der Waals surface area contributed by atoms with Crippen LogP contribution in [0.5, 0.6) is 0 Å². The average molecular weight is 263 g/mol. The summed E-state index contributed by atoms with van der Waals surface area (Å²) >= 11 is 4.32. The van der Waals surface area contributed by atoms with Gasteiger partial charge in [0.1, 0.15) is 0 Å². The van der Waals surface area contributed by atoms with Crippen LogP contribution in [-0.4, -0.2) is 23.9 Å². The van der Waals surface area contributed by atoms with Crippen molar-refractivity contribution >= 4 is 18.5 Å². The van der Waals surface area contributed by atoms with Gasteiger partial charge < -0.3 is 4.90 Å². The summed E-state index contributed by atoms with van der Waals surface area (Å²) in [4.78, 5) is 15.3. The Morgan fingerprint density at radius 3 is 2.61 bits per heavy atom. The first-order chi connectivity index (χ1) is 8.59. The third-order valence-electron chi connectivity index (χ3n) is 3.89. The molecule has 1 saturated carbocycles. The van der Waals surface area contributed by atoms with Crippen molar-refractivity contribution in [2.24, 2.45) is 0 Å². The SMILES string of the molecule is Cc1ccc(S)cc1C(=O)N(C)C1CCCCC1. The third-order valence-corrected chi connectivity index (χ3v) is 4.17. The maximum absolute atomic E-state index is 12.5. The molecule has 0 radical (unpaired) electrons. The molecule has 0 atom stereocenters. The van der Waals surface area contributed by atoms with E-state index in [2.05, 4.69) is 12.6 Å². The number of benzene rings is 1. The Hall–Kier alpha value is -0.960. The Bertz CT molecular complexity index is 438. The third kappa shape index (κ3) is 2.89. The van der Waals surface area contributed by atoms with Crippen molar-refractivity contribution in [3.63, 3.8) is 0 Å². The number of amides is 1. The molecule has 0 bridgehead atoms. The van der Waals surface area contributed by atoms with Crippen molar-refractivity contribution in [2.45, 2.75) is 50.0 Å². The van der Waals surface area contributed by atoms with Crippen molar-refractivity contribution < 1.29 is 4.79 Å². The molecule has 0 saturated heterocycles. The van der Waals surface area contributed by atoms with Gasteiger partial charge in [-0.05, 0) is 37.5 Å². The van der Waals surface area contributed by atoms with E-state index in [9.17, 15) is 4.79 Å². The van der Waals surface area contributed by atoms with Crippen molar-refractivity contribution in [3.8, 4) is 0 Å². The Kier molecular flexibility index (Phi) is 4.33. The van der Waals surface area contributed by atoms with Crippen molar-refractivity contribution in [3.05, 3.63) is 29.3 Å². The van der Waals surface area contributed by atoms with E-state index in [0.717, 1.165) is 28.9 Å². The number of carbonyl (C=O) groups excluding carboxylic acids is 1. The molecule has 1 aromatic carbocycles. The van der Waals surface area contributed by atoms with Crippen LogP contribution in [0.1, 0.15) is 48.0 Å². The van der Waals surface area contributed by atoms with Gasteiger partial charge in [0.05, 0.1) is 0 Å². The molecule has 0 spiro atoms. The monoisotopic (exact) mass is 263 g/mol. The Morgan fingerprint density at radius 2 is 1.94 bits per heavy atom. The van der Waals surface area contributed by atoms with Gasteiger partial charge in [0.15, 0.2) is 0 Å². The van der Waals surface area contributed by atoms with Crippen LogP contribution in [0.3, 0.4) is 0 Å². The lowest BCUT2D eigenvalue weighted by molar-refractivity contribution is 0.0695. The van der Waals surface area contributed by atoms with E-state index in [4.69, 9.17) is 0 Å². The minimum Gasteiger partial charge on any atom is -0.339 e. The van der Waals surface area contributed by atoms with Gasteiger partial charge in [-0.2, -0.15) is 0 Å². The predicted molar refractivity (Wildman–Crippen MR) is 77.4 cm³/mol. The average Bonchev–Trinajstić information content (AvgIpc) is 2.41. The van der Waals surface area contributed by atoms with Gasteiger partial charge in [-0.25, -0.2) is 0 Å². The first kappa shape index (κ1) is 13.5. The predicted octanol–water partition coefficient (Wildman–Crippen LogP) is 3.69. The maximum Gasteiger partial charge on any atom is 0.254 e. The number of rotatable bonds is 2. The number of hydrogen-bond acceptors (Lipinski definition) is 2. The lowest BCUT2D eigenvalue weighted by Crippen LogP contribution is -2.38. The van der Waals surface area contributed by atoms with Crippen LogP contribution in [0.25, 0.3) is 0 Å². The van der Waals surface area contributed by atoms with Crippen molar-refractivity contribution in [1.29, 1.82) is 0 Å². The smallest absolute Gasteiger partial charge is 0.254 e. The zero-order valence-electron chi connectivity index (χ0n) is 11.1. The summed E-state index contributed by atoms with van der Waals surface area (Å²) in [6.45, 7) is 1.98. The minimum absolute atomic E-state index is 0.135. The van der Waals surface area contributed by atoms with Gasteiger partial charge in [-0.15, -0.1) is 12.6 Å². The van der Waals surface area contributed by atoms with E-state index in [1.54, 1.807) is 0 Å². The molecule has 0 unspecified atom stereocenters. The minimum atomic E-state index is 0.135. The molecule has 18 heavy (non-hydrogen) atoms. The molecule has 1 aliphatic rings. The maximum atomic E-state index is 12.5. The molecule has 1 aromatic rings. The molecule has 1 aliphatic carbocycles. The van der Waals surface area contributed by atoms with Crippen LogP contribution < -0.4 is 0 Å². The summed E-state index contributed by atoms with van der Waals surface area (Å²) < 4.78 is 0. The second-order valence-electron chi connectivity index (χ2n) is 5.21. The summed E-state index contributed by atoms with van der Waals surface area (Å²) in [6, 6.07) is 6.18. The van der Waals surface area contributed by atoms with E-state index in [1.165, 1.54) is 19.3 Å². The van der Waals surface area contributed by atoms with Crippen LogP contribution in [0.2, 0.25) is 0 Å².